The van der Waals surface area contributed by atoms with Crippen molar-refractivity contribution in [3.63, 3.8) is 0 Å². The van der Waals surface area contributed by atoms with E-state index in [2.05, 4.69) is 42.4 Å². The third-order valence-corrected chi connectivity index (χ3v) is 5.35. The predicted molar refractivity (Wildman–Crippen MR) is 84.9 cm³/mol. The van der Waals surface area contributed by atoms with Gasteiger partial charge in [-0.3, -0.25) is 4.90 Å². The summed E-state index contributed by atoms with van der Waals surface area (Å²) in [6, 6.07) is 2.31. The standard InChI is InChI=1S/C16H28N2S/c1-4-8-17-12-16(3,5-2)13-18-9-6-15-14(11-18)7-10-19-15/h7,10,17H,4-6,8-9,11-13H2,1-3H3. The largest absolute Gasteiger partial charge is 0.316 e. The van der Waals surface area contributed by atoms with Gasteiger partial charge in [0.25, 0.3) is 0 Å². The van der Waals surface area contributed by atoms with Crippen LogP contribution in [0.2, 0.25) is 0 Å². The average molecular weight is 280 g/mol. The first-order valence-electron chi connectivity index (χ1n) is 7.65. The number of rotatable bonds is 7. The molecule has 1 N–H and O–H groups in total. The van der Waals surface area contributed by atoms with Crippen molar-refractivity contribution in [2.45, 2.75) is 46.6 Å². The molecule has 2 rings (SSSR count). The minimum Gasteiger partial charge on any atom is -0.316 e. The van der Waals surface area contributed by atoms with Gasteiger partial charge in [-0.05, 0) is 48.2 Å². The monoisotopic (exact) mass is 280 g/mol. The molecule has 0 aliphatic carbocycles. The number of hydrogen-bond donors (Lipinski definition) is 1. The van der Waals surface area contributed by atoms with Crippen molar-refractivity contribution in [3.8, 4) is 0 Å². The molecule has 0 saturated heterocycles. The van der Waals surface area contributed by atoms with E-state index in [-0.39, 0.29) is 0 Å². The molecule has 1 aliphatic heterocycles. The second kappa shape index (κ2) is 6.87. The van der Waals surface area contributed by atoms with Crippen LogP contribution in [-0.4, -0.2) is 31.1 Å². The second-order valence-electron chi connectivity index (χ2n) is 6.17. The Morgan fingerprint density at radius 2 is 2.26 bits per heavy atom. The van der Waals surface area contributed by atoms with Crippen molar-refractivity contribution in [1.82, 2.24) is 10.2 Å². The minimum atomic E-state index is 0.405. The number of hydrogen-bond acceptors (Lipinski definition) is 3. The Kier molecular flexibility index (Phi) is 5.43. The zero-order valence-electron chi connectivity index (χ0n) is 12.7. The summed E-state index contributed by atoms with van der Waals surface area (Å²) in [5.74, 6) is 0. The van der Waals surface area contributed by atoms with E-state index in [9.17, 15) is 0 Å². The van der Waals surface area contributed by atoms with Crippen molar-refractivity contribution in [2.24, 2.45) is 5.41 Å². The highest BCUT2D eigenvalue weighted by atomic mass is 32.1. The molecule has 19 heavy (non-hydrogen) atoms. The van der Waals surface area contributed by atoms with E-state index >= 15 is 0 Å². The summed E-state index contributed by atoms with van der Waals surface area (Å²) < 4.78 is 0. The van der Waals surface area contributed by atoms with Crippen LogP contribution in [0.3, 0.4) is 0 Å². The van der Waals surface area contributed by atoms with E-state index in [1.807, 2.05) is 11.3 Å². The minimum absolute atomic E-state index is 0.405. The first-order chi connectivity index (χ1) is 9.17. The van der Waals surface area contributed by atoms with E-state index in [1.54, 1.807) is 10.4 Å². The number of fused-ring (bicyclic) bond motifs is 1. The summed E-state index contributed by atoms with van der Waals surface area (Å²) >= 11 is 1.93. The molecule has 1 unspecified atom stereocenters. The zero-order valence-corrected chi connectivity index (χ0v) is 13.5. The number of thiophene rings is 1. The quantitative estimate of drug-likeness (QED) is 0.769. The van der Waals surface area contributed by atoms with Gasteiger partial charge in [-0.25, -0.2) is 0 Å². The van der Waals surface area contributed by atoms with Crippen molar-refractivity contribution < 1.29 is 0 Å². The highest BCUT2D eigenvalue weighted by molar-refractivity contribution is 7.10. The van der Waals surface area contributed by atoms with Crippen LogP contribution in [-0.2, 0) is 13.0 Å². The first-order valence-corrected chi connectivity index (χ1v) is 8.53. The van der Waals surface area contributed by atoms with Gasteiger partial charge in [0.15, 0.2) is 0 Å². The molecule has 3 heteroatoms. The second-order valence-corrected chi connectivity index (χ2v) is 7.17. The summed E-state index contributed by atoms with van der Waals surface area (Å²) in [6.45, 7) is 12.9. The molecule has 0 saturated carbocycles. The molecule has 2 heterocycles. The van der Waals surface area contributed by atoms with Crippen LogP contribution in [0.1, 0.15) is 44.1 Å². The van der Waals surface area contributed by atoms with Crippen molar-refractivity contribution >= 4 is 11.3 Å². The van der Waals surface area contributed by atoms with E-state index in [0.29, 0.717) is 5.41 Å². The molecule has 0 radical (unpaired) electrons. The Hall–Kier alpha value is -0.380. The van der Waals surface area contributed by atoms with Crippen molar-refractivity contribution in [1.29, 1.82) is 0 Å². The van der Waals surface area contributed by atoms with Crippen LogP contribution in [0.5, 0.6) is 0 Å². The Morgan fingerprint density at radius 1 is 1.42 bits per heavy atom. The van der Waals surface area contributed by atoms with E-state index in [0.717, 1.165) is 19.6 Å². The van der Waals surface area contributed by atoms with Crippen LogP contribution >= 0.6 is 11.3 Å². The van der Waals surface area contributed by atoms with Crippen molar-refractivity contribution in [3.05, 3.63) is 21.9 Å². The molecule has 1 atom stereocenters. The Bertz CT molecular complexity index is 388. The fourth-order valence-electron chi connectivity index (χ4n) is 2.84. The third-order valence-electron chi connectivity index (χ3n) is 4.32. The van der Waals surface area contributed by atoms with Crippen LogP contribution in [0.25, 0.3) is 0 Å². The fraction of sp³-hybridized carbons (Fsp3) is 0.750. The maximum absolute atomic E-state index is 3.61. The van der Waals surface area contributed by atoms with Crippen LogP contribution in [0, 0.1) is 5.41 Å². The lowest BCUT2D eigenvalue weighted by atomic mass is 9.86. The molecule has 2 nitrogen and oxygen atoms in total. The summed E-state index contributed by atoms with van der Waals surface area (Å²) in [7, 11) is 0. The molecular formula is C16H28N2S. The predicted octanol–water partition coefficient (Wildman–Crippen LogP) is 3.52. The van der Waals surface area contributed by atoms with Gasteiger partial charge in [-0.2, -0.15) is 0 Å². The molecule has 1 aromatic rings. The van der Waals surface area contributed by atoms with Gasteiger partial charge in [0.05, 0.1) is 0 Å². The molecule has 0 bridgehead atoms. The summed E-state index contributed by atoms with van der Waals surface area (Å²) in [6.07, 6.45) is 3.72. The van der Waals surface area contributed by atoms with Crippen LogP contribution < -0.4 is 5.32 Å². The lowest BCUT2D eigenvalue weighted by molar-refractivity contribution is 0.144. The van der Waals surface area contributed by atoms with Gasteiger partial charge in [0.1, 0.15) is 0 Å². The van der Waals surface area contributed by atoms with Gasteiger partial charge in [-0.15, -0.1) is 11.3 Å². The summed E-state index contributed by atoms with van der Waals surface area (Å²) in [5.41, 5.74) is 1.97. The lowest BCUT2D eigenvalue weighted by Crippen LogP contribution is -2.43. The van der Waals surface area contributed by atoms with Crippen LogP contribution in [0.4, 0.5) is 0 Å². The smallest absolute Gasteiger partial charge is 0.0245 e. The molecule has 0 fully saturated rings. The van der Waals surface area contributed by atoms with Gasteiger partial charge < -0.3 is 5.32 Å². The molecule has 1 aliphatic rings. The highest BCUT2D eigenvalue weighted by Gasteiger charge is 2.27. The molecule has 0 spiro atoms. The normalized spacial score (nSPS) is 19.1. The molecule has 1 aromatic heterocycles. The van der Waals surface area contributed by atoms with Gasteiger partial charge >= 0.3 is 0 Å². The van der Waals surface area contributed by atoms with Crippen molar-refractivity contribution in [2.75, 3.05) is 26.2 Å². The Morgan fingerprint density at radius 3 is 3.00 bits per heavy atom. The third kappa shape index (κ3) is 4.04. The molecule has 108 valence electrons. The van der Waals surface area contributed by atoms with E-state index in [4.69, 9.17) is 0 Å². The topological polar surface area (TPSA) is 15.3 Å². The maximum atomic E-state index is 3.61. The average Bonchev–Trinajstić information content (AvgIpc) is 2.86. The fourth-order valence-corrected chi connectivity index (χ4v) is 3.73. The highest BCUT2D eigenvalue weighted by Crippen LogP contribution is 2.28. The SMILES string of the molecule is CCCNCC(C)(CC)CN1CCc2sccc2C1. The number of nitrogens with zero attached hydrogens (tertiary/aromatic N) is 1. The molecular weight excluding hydrogens is 252 g/mol. The zero-order chi connectivity index (χ0) is 13.7. The van der Waals surface area contributed by atoms with Gasteiger partial charge in [-0.1, -0.05) is 20.8 Å². The maximum Gasteiger partial charge on any atom is 0.0245 e. The molecule has 0 amide bonds. The van der Waals surface area contributed by atoms with E-state index in [1.165, 1.54) is 32.4 Å². The van der Waals surface area contributed by atoms with Gasteiger partial charge in [0.2, 0.25) is 0 Å². The first kappa shape index (κ1) is 15.0. The Labute approximate surface area is 122 Å². The summed E-state index contributed by atoms with van der Waals surface area (Å²) in [4.78, 5) is 4.25. The van der Waals surface area contributed by atoms with Crippen LogP contribution in [0.15, 0.2) is 11.4 Å². The lowest BCUT2D eigenvalue weighted by Gasteiger charge is -2.37. The number of nitrogens with one attached hydrogen (secondary N) is 1. The summed E-state index contributed by atoms with van der Waals surface area (Å²) in [5, 5.41) is 5.85. The Balaban J connectivity index is 1.88. The van der Waals surface area contributed by atoms with E-state index < -0.39 is 0 Å². The molecule has 0 aromatic carbocycles. The van der Waals surface area contributed by atoms with Gasteiger partial charge in [0, 0.05) is 31.1 Å².